The molecule has 1 fully saturated rings. The number of benzene rings is 2. The van der Waals surface area contributed by atoms with Gasteiger partial charge in [0.05, 0.1) is 12.1 Å². The number of nitrogens with one attached hydrogen (secondary N) is 1. The largest absolute Gasteiger partial charge is 0.447 e. The van der Waals surface area contributed by atoms with Crippen molar-refractivity contribution in [3.63, 3.8) is 0 Å². The van der Waals surface area contributed by atoms with Gasteiger partial charge in [-0.25, -0.2) is 9.18 Å². The summed E-state index contributed by atoms with van der Waals surface area (Å²) in [7, 11) is 0. The monoisotopic (exact) mass is 325 g/mol. The van der Waals surface area contributed by atoms with Crippen molar-refractivity contribution in [3.8, 4) is 6.07 Å². The van der Waals surface area contributed by atoms with Crippen LogP contribution in [0.4, 0.5) is 20.6 Å². The molecule has 0 saturated carbocycles. The van der Waals surface area contributed by atoms with Crippen LogP contribution in [0, 0.1) is 17.1 Å². The number of cyclic esters (lactones) is 1. The molecule has 2 aromatic rings. The van der Waals surface area contributed by atoms with Crippen molar-refractivity contribution in [2.45, 2.75) is 0 Å². The minimum Gasteiger partial charge on any atom is -0.447 e. The van der Waals surface area contributed by atoms with E-state index in [-0.39, 0.29) is 5.56 Å². The number of carbonyl (C=O) groups is 2. The van der Waals surface area contributed by atoms with Crippen molar-refractivity contribution in [3.05, 3.63) is 59.4 Å². The molecule has 120 valence electrons. The molecule has 0 bridgehead atoms. The Labute approximate surface area is 137 Å². The first-order valence-corrected chi connectivity index (χ1v) is 7.14. The average molecular weight is 325 g/mol. The third-order valence-electron chi connectivity index (χ3n) is 3.53. The lowest BCUT2D eigenvalue weighted by Gasteiger charge is -2.14. The number of carbonyl (C=O) groups excluding carboxylic acids is 2. The lowest BCUT2D eigenvalue weighted by Crippen LogP contribution is -2.23. The van der Waals surface area contributed by atoms with Crippen molar-refractivity contribution >= 4 is 23.4 Å². The number of rotatable bonds is 3. The average Bonchev–Trinajstić information content (AvgIpc) is 3.02. The van der Waals surface area contributed by atoms with Gasteiger partial charge >= 0.3 is 6.09 Å². The van der Waals surface area contributed by atoms with Gasteiger partial charge in [0, 0.05) is 16.9 Å². The Hall–Kier alpha value is -3.40. The number of anilines is 2. The second-order valence-corrected chi connectivity index (χ2v) is 5.08. The summed E-state index contributed by atoms with van der Waals surface area (Å²) in [4.78, 5) is 25.3. The number of nitriles is 1. The van der Waals surface area contributed by atoms with Gasteiger partial charge in [0.2, 0.25) is 0 Å². The van der Waals surface area contributed by atoms with E-state index in [1.807, 2.05) is 0 Å². The van der Waals surface area contributed by atoms with Crippen LogP contribution in [0.15, 0.2) is 42.5 Å². The zero-order valence-corrected chi connectivity index (χ0v) is 12.5. The molecule has 0 spiro atoms. The third-order valence-corrected chi connectivity index (χ3v) is 3.53. The maximum absolute atomic E-state index is 13.3. The Bertz CT molecular complexity index is 860. The first-order valence-electron chi connectivity index (χ1n) is 7.14. The Morgan fingerprint density at radius 3 is 2.83 bits per heavy atom. The SMILES string of the molecule is N#Cc1cc(NC(=O)c2cccc(N3CCOC3=O)c2)ccc1F. The fraction of sp³-hybridized carbons (Fsp3) is 0.118. The van der Waals surface area contributed by atoms with E-state index in [0.717, 1.165) is 6.07 Å². The van der Waals surface area contributed by atoms with Gasteiger partial charge < -0.3 is 10.1 Å². The Morgan fingerprint density at radius 2 is 2.12 bits per heavy atom. The van der Waals surface area contributed by atoms with Gasteiger partial charge in [-0.15, -0.1) is 0 Å². The second kappa shape index (κ2) is 6.38. The number of amides is 2. The first kappa shape index (κ1) is 15.5. The van der Waals surface area contributed by atoms with Crippen LogP contribution in [0.2, 0.25) is 0 Å². The van der Waals surface area contributed by atoms with Crippen LogP contribution in [0.25, 0.3) is 0 Å². The van der Waals surface area contributed by atoms with Crippen LogP contribution < -0.4 is 10.2 Å². The summed E-state index contributed by atoms with van der Waals surface area (Å²) in [6, 6.07) is 12.0. The summed E-state index contributed by atoms with van der Waals surface area (Å²) >= 11 is 0. The van der Waals surface area contributed by atoms with E-state index in [2.05, 4.69) is 5.32 Å². The predicted octanol–water partition coefficient (Wildman–Crippen LogP) is 2.91. The van der Waals surface area contributed by atoms with Crippen molar-refractivity contribution in [2.24, 2.45) is 0 Å². The molecular formula is C17H12FN3O3. The smallest absolute Gasteiger partial charge is 0.414 e. The quantitative estimate of drug-likeness (QED) is 0.940. The van der Waals surface area contributed by atoms with Gasteiger partial charge in [-0.1, -0.05) is 6.07 Å². The van der Waals surface area contributed by atoms with Crippen molar-refractivity contribution in [1.29, 1.82) is 5.26 Å². The summed E-state index contributed by atoms with van der Waals surface area (Å²) < 4.78 is 18.2. The Kier molecular flexibility index (Phi) is 4.12. The van der Waals surface area contributed by atoms with Crippen LogP contribution in [0.1, 0.15) is 15.9 Å². The second-order valence-electron chi connectivity index (χ2n) is 5.08. The number of hydrogen-bond acceptors (Lipinski definition) is 4. The predicted molar refractivity (Wildman–Crippen MR) is 84.2 cm³/mol. The molecule has 1 heterocycles. The number of ether oxygens (including phenoxy) is 1. The van der Waals surface area contributed by atoms with Gasteiger partial charge in [0.25, 0.3) is 5.91 Å². The van der Waals surface area contributed by atoms with E-state index in [1.165, 1.54) is 17.0 Å². The maximum atomic E-state index is 13.3. The lowest BCUT2D eigenvalue weighted by molar-refractivity contribution is 0.102. The third kappa shape index (κ3) is 3.03. The minimum absolute atomic E-state index is 0.152. The Morgan fingerprint density at radius 1 is 1.29 bits per heavy atom. The number of hydrogen-bond donors (Lipinski definition) is 1. The molecule has 0 unspecified atom stereocenters. The molecule has 1 aliphatic heterocycles. The molecule has 2 amide bonds. The van der Waals surface area contributed by atoms with Crippen LogP contribution in [-0.4, -0.2) is 25.2 Å². The van der Waals surface area contributed by atoms with Crippen molar-refractivity contribution in [2.75, 3.05) is 23.4 Å². The minimum atomic E-state index is -0.648. The number of nitrogens with zero attached hydrogens (tertiary/aromatic N) is 2. The van der Waals surface area contributed by atoms with Gasteiger partial charge in [0.1, 0.15) is 18.5 Å². The molecule has 1 saturated heterocycles. The first-order chi connectivity index (χ1) is 11.6. The van der Waals surface area contributed by atoms with Gasteiger partial charge in [-0.3, -0.25) is 9.69 Å². The summed E-state index contributed by atoms with van der Waals surface area (Å²) in [5, 5.41) is 11.4. The highest BCUT2D eigenvalue weighted by Gasteiger charge is 2.24. The van der Waals surface area contributed by atoms with Crippen molar-refractivity contribution < 1.29 is 18.7 Å². The van der Waals surface area contributed by atoms with E-state index in [9.17, 15) is 14.0 Å². The van der Waals surface area contributed by atoms with Gasteiger partial charge in [-0.2, -0.15) is 5.26 Å². The van der Waals surface area contributed by atoms with E-state index >= 15 is 0 Å². The molecule has 1 N–H and O–H groups in total. The molecule has 0 radical (unpaired) electrons. The molecule has 7 heteroatoms. The highest BCUT2D eigenvalue weighted by atomic mass is 19.1. The highest BCUT2D eigenvalue weighted by Crippen LogP contribution is 2.21. The maximum Gasteiger partial charge on any atom is 0.414 e. The highest BCUT2D eigenvalue weighted by molar-refractivity contribution is 6.05. The fourth-order valence-corrected chi connectivity index (χ4v) is 2.33. The van der Waals surface area contributed by atoms with Gasteiger partial charge in [-0.05, 0) is 36.4 Å². The fourth-order valence-electron chi connectivity index (χ4n) is 2.33. The molecule has 3 rings (SSSR count). The lowest BCUT2D eigenvalue weighted by atomic mass is 10.1. The summed E-state index contributed by atoms with van der Waals surface area (Å²) in [6.07, 6.45) is -0.454. The molecule has 24 heavy (non-hydrogen) atoms. The molecule has 6 nitrogen and oxygen atoms in total. The van der Waals surface area contributed by atoms with Crippen LogP contribution >= 0.6 is 0 Å². The molecular weight excluding hydrogens is 313 g/mol. The van der Waals surface area contributed by atoms with Crippen LogP contribution in [0.3, 0.4) is 0 Å². The summed E-state index contributed by atoms with van der Waals surface area (Å²) in [5.74, 6) is -1.08. The van der Waals surface area contributed by atoms with E-state index in [4.69, 9.17) is 10.00 Å². The van der Waals surface area contributed by atoms with Crippen molar-refractivity contribution in [1.82, 2.24) is 0 Å². The number of halogens is 1. The van der Waals surface area contributed by atoms with Crippen LogP contribution in [-0.2, 0) is 4.74 Å². The normalized spacial score (nSPS) is 13.3. The molecule has 0 atom stereocenters. The van der Waals surface area contributed by atoms with E-state index in [1.54, 1.807) is 30.3 Å². The standard InChI is InChI=1S/C17H12FN3O3/c18-15-5-4-13(8-12(15)10-19)20-16(22)11-2-1-3-14(9-11)21-6-7-24-17(21)23/h1-5,8-9H,6-7H2,(H,20,22). The zero-order valence-electron chi connectivity index (χ0n) is 12.5. The summed E-state index contributed by atoms with van der Waals surface area (Å²) in [6.45, 7) is 0.731. The van der Waals surface area contributed by atoms with Gasteiger partial charge in [0.15, 0.2) is 0 Å². The Balaban J connectivity index is 1.80. The summed E-state index contributed by atoms with van der Waals surface area (Å²) in [5.41, 5.74) is 1.04. The van der Waals surface area contributed by atoms with Crippen LogP contribution in [0.5, 0.6) is 0 Å². The van der Waals surface area contributed by atoms with E-state index < -0.39 is 17.8 Å². The zero-order chi connectivity index (χ0) is 17.1. The molecule has 0 aromatic heterocycles. The topological polar surface area (TPSA) is 82.4 Å². The van der Waals surface area contributed by atoms with E-state index in [0.29, 0.717) is 30.1 Å². The molecule has 2 aromatic carbocycles. The molecule has 0 aliphatic carbocycles. The molecule has 1 aliphatic rings.